The van der Waals surface area contributed by atoms with Gasteiger partial charge in [0.05, 0.1) is 11.6 Å². The van der Waals surface area contributed by atoms with E-state index in [4.69, 9.17) is 5.73 Å². The zero-order chi connectivity index (χ0) is 24.6. The summed E-state index contributed by atoms with van der Waals surface area (Å²) >= 11 is 0. The number of nitrogens with one attached hydrogen (secondary N) is 2. The van der Waals surface area contributed by atoms with Gasteiger partial charge in [-0.1, -0.05) is 12.8 Å². The summed E-state index contributed by atoms with van der Waals surface area (Å²) in [4.78, 5) is 36.4. The topological polar surface area (TPSA) is 137 Å². The molecule has 3 atom stereocenters. The quantitative estimate of drug-likeness (QED) is 0.540. The van der Waals surface area contributed by atoms with Crippen molar-refractivity contribution in [3.8, 4) is 6.07 Å². The fourth-order valence-corrected chi connectivity index (χ4v) is 5.37. The maximum Gasteiger partial charge on any atom is 0.253 e. The lowest BCUT2D eigenvalue weighted by Crippen LogP contribution is -2.49. The van der Waals surface area contributed by atoms with E-state index in [2.05, 4.69) is 26.7 Å². The van der Waals surface area contributed by atoms with Crippen molar-refractivity contribution in [1.82, 2.24) is 15.3 Å². The summed E-state index contributed by atoms with van der Waals surface area (Å²) in [6.07, 6.45) is 9.67. The monoisotopic (exact) mass is 509 g/mol. The van der Waals surface area contributed by atoms with Crippen molar-refractivity contribution in [3.63, 3.8) is 0 Å². The third-order valence-electron chi connectivity index (χ3n) is 7.63. The number of nitriles is 1. The number of anilines is 3. The predicted molar refractivity (Wildman–Crippen MR) is 139 cm³/mol. The Kier molecular flexibility index (Phi) is 7.48. The Balaban J connectivity index is 0.00000304. The Morgan fingerprint density at radius 1 is 1.19 bits per heavy atom. The minimum Gasteiger partial charge on any atom is -0.348 e. The van der Waals surface area contributed by atoms with E-state index in [0.717, 1.165) is 44.1 Å². The van der Waals surface area contributed by atoms with Gasteiger partial charge >= 0.3 is 0 Å². The first kappa shape index (κ1) is 25.9. The van der Waals surface area contributed by atoms with Crippen LogP contribution in [-0.4, -0.2) is 40.4 Å². The van der Waals surface area contributed by atoms with Gasteiger partial charge in [-0.3, -0.25) is 9.59 Å². The van der Waals surface area contributed by atoms with Crippen LogP contribution in [0.4, 0.5) is 17.3 Å². The fourth-order valence-electron chi connectivity index (χ4n) is 5.37. The molecule has 2 aliphatic carbocycles. The summed E-state index contributed by atoms with van der Waals surface area (Å²) < 4.78 is 0. The first-order valence-corrected chi connectivity index (χ1v) is 12.4. The molecule has 190 valence electrons. The average molecular weight is 510 g/mol. The van der Waals surface area contributed by atoms with Gasteiger partial charge in [-0.15, -0.1) is 12.4 Å². The summed E-state index contributed by atoms with van der Waals surface area (Å²) in [6.45, 7) is 2.40. The number of amides is 2. The molecule has 0 aromatic carbocycles. The molecule has 3 aliphatic rings. The number of pyridine rings is 2. The molecule has 3 fully saturated rings. The van der Waals surface area contributed by atoms with Crippen LogP contribution in [0, 0.1) is 29.6 Å². The third-order valence-corrected chi connectivity index (χ3v) is 7.63. The van der Waals surface area contributed by atoms with Gasteiger partial charge < -0.3 is 21.3 Å². The lowest BCUT2D eigenvalue weighted by atomic mass is 9.83. The SMILES string of the molecule is Cc1cc(Nc2cc(N3CC[C@@](C#N)(C4CC4)C3=O)ccn2)ncc1C(=O)NC1CCCCC1N.Cl. The molecule has 2 saturated carbocycles. The van der Waals surface area contributed by atoms with E-state index in [9.17, 15) is 14.9 Å². The van der Waals surface area contributed by atoms with Gasteiger partial charge in [0.2, 0.25) is 5.91 Å². The molecule has 4 N–H and O–H groups in total. The first-order valence-electron chi connectivity index (χ1n) is 12.4. The molecule has 0 radical (unpaired) electrons. The number of hydrogen-bond donors (Lipinski definition) is 3. The first-order chi connectivity index (χ1) is 16.9. The highest BCUT2D eigenvalue weighted by Crippen LogP contribution is 2.51. The minimum absolute atomic E-state index is 0. The molecule has 0 bridgehead atoms. The van der Waals surface area contributed by atoms with E-state index in [1.54, 1.807) is 35.5 Å². The molecule has 9 nitrogen and oxygen atoms in total. The summed E-state index contributed by atoms with van der Waals surface area (Å²) in [6, 6.07) is 7.68. The normalized spacial score (nSPS) is 25.6. The Morgan fingerprint density at radius 3 is 2.64 bits per heavy atom. The van der Waals surface area contributed by atoms with Gasteiger partial charge in [-0.2, -0.15) is 5.26 Å². The van der Waals surface area contributed by atoms with E-state index in [1.165, 1.54) is 0 Å². The molecule has 36 heavy (non-hydrogen) atoms. The number of hydrogen-bond acceptors (Lipinski definition) is 7. The molecule has 0 spiro atoms. The van der Waals surface area contributed by atoms with Gasteiger partial charge in [0, 0.05) is 42.8 Å². The van der Waals surface area contributed by atoms with E-state index in [-0.39, 0.29) is 42.2 Å². The maximum atomic E-state index is 13.1. The Bertz CT molecular complexity index is 1200. The van der Waals surface area contributed by atoms with Crippen LogP contribution in [0.15, 0.2) is 30.6 Å². The summed E-state index contributed by atoms with van der Waals surface area (Å²) in [5.74, 6) is 1.000. The highest BCUT2D eigenvalue weighted by atomic mass is 35.5. The maximum absolute atomic E-state index is 13.1. The number of aromatic nitrogens is 2. The molecule has 2 aromatic rings. The second-order valence-corrected chi connectivity index (χ2v) is 10.0. The molecule has 3 heterocycles. The standard InChI is InChI=1S/C26H31N7O2.ClH/c1-16-12-22(30-14-19(16)24(34)31-21-5-3-2-4-20(21)28)32-23-13-18(8-10-29-23)33-11-9-26(15-27,25(33)35)17-6-7-17;/h8,10,12-14,17,20-21H,2-7,9,11,28H2,1H3,(H,31,34)(H,29,30,32);1H/t20?,21?,26-;/m1./s1. The summed E-state index contributed by atoms with van der Waals surface area (Å²) in [7, 11) is 0. The lowest BCUT2D eigenvalue weighted by molar-refractivity contribution is -0.123. The molecular weight excluding hydrogens is 478 g/mol. The second kappa shape index (κ2) is 10.4. The van der Waals surface area contributed by atoms with Crippen molar-refractivity contribution in [2.45, 2.75) is 64.0 Å². The molecule has 1 aliphatic heterocycles. The van der Waals surface area contributed by atoms with Crippen LogP contribution in [0.5, 0.6) is 0 Å². The van der Waals surface area contributed by atoms with Gasteiger partial charge in [0.1, 0.15) is 17.1 Å². The highest BCUT2D eigenvalue weighted by Gasteiger charge is 2.56. The molecular formula is C26H32ClN7O2. The van der Waals surface area contributed by atoms with Crippen LogP contribution < -0.4 is 21.3 Å². The smallest absolute Gasteiger partial charge is 0.253 e. The molecule has 2 unspecified atom stereocenters. The Labute approximate surface area is 217 Å². The van der Waals surface area contributed by atoms with Crippen molar-refractivity contribution in [2.75, 3.05) is 16.8 Å². The minimum atomic E-state index is -0.881. The molecule has 2 amide bonds. The zero-order valence-corrected chi connectivity index (χ0v) is 21.2. The van der Waals surface area contributed by atoms with Crippen LogP contribution in [0.25, 0.3) is 0 Å². The highest BCUT2D eigenvalue weighted by molar-refractivity contribution is 6.02. The van der Waals surface area contributed by atoms with Gasteiger partial charge in [0.15, 0.2) is 0 Å². The van der Waals surface area contributed by atoms with Crippen molar-refractivity contribution in [3.05, 3.63) is 41.7 Å². The number of carbonyl (C=O) groups is 2. The van der Waals surface area contributed by atoms with Gasteiger partial charge in [-0.05, 0) is 62.6 Å². The van der Waals surface area contributed by atoms with Crippen LogP contribution in [-0.2, 0) is 4.79 Å². The fraction of sp³-hybridized carbons (Fsp3) is 0.500. The molecule has 2 aromatic heterocycles. The van der Waals surface area contributed by atoms with Gasteiger partial charge in [-0.25, -0.2) is 9.97 Å². The number of nitrogens with two attached hydrogens (primary N) is 1. The molecule has 1 saturated heterocycles. The van der Waals surface area contributed by atoms with Crippen LogP contribution in [0.2, 0.25) is 0 Å². The average Bonchev–Trinajstić information content (AvgIpc) is 3.64. The summed E-state index contributed by atoms with van der Waals surface area (Å²) in [5, 5.41) is 16.0. The van der Waals surface area contributed by atoms with Crippen molar-refractivity contribution in [2.24, 2.45) is 17.1 Å². The van der Waals surface area contributed by atoms with Crippen molar-refractivity contribution in [1.29, 1.82) is 5.26 Å². The van der Waals surface area contributed by atoms with E-state index in [0.29, 0.717) is 35.9 Å². The van der Waals surface area contributed by atoms with Crippen LogP contribution in [0.1, 0.15) is 60.9 Å². The number of aryl methyl sites for hydroxylation is 1. The molecule has 10 heteroatoms. The summed E-state index contributed by atoms with van der Waals surface area (Å²) in [5.41, 5.74) is 7.31. The number of halogens is 1. The second-order valence-electron chi connectivity index (χ2n) is 10.0. The van der Waals surface area contributed by atoms with E-state index < -0.39 is 5.41 Å². The van der Waals surface area contributed by atoms with Crippen LogP contribution >= 0.6 is 12.4 Å². The number of rotatable bonds is 6. The number of nitrogens with zero attached hydrogens (tertiary/aromatic N) is 4. The predicted octanol–water partition coefficient (Wildman–Crippen LogP) is 3.61. The zero-order valence-electron chi connectivity index (χ0n) is 20.4. The van der Waals surface area contributed by atoms with Gasteiger partial charge in [0.25, 0.3) is 5.91 Å². The molecule has 5 rings (SSSR count). The Morgan fingerprint density at radius 2 is 1.94 bits per heavy atom. The van der Waals surface area contributed by atoms with Crippen molar-refractivity contribution < 1.29 is 9.59 Å². The van der Waals surface area contributed by atoms with Crippen LogP contribution in [0.3, 0.4) is 0 Å². The lowest BCUT2D eigenvalue weighted by Gasteiger charge is -2.29. The largest absolute Gasteiger partial charge is 0.348 e. The van der Waals surface area contributed by atoms with E-state index >= 15 is 0 Å². The van der Waals surface area contributed by atoms with E-state index in [1.807, 2.05) is 6.92 Å². The van der Waals surface area contributed by atoms with Crippen molar-refractivity contribution >= 4 is 41.5 Å². The number of carbonyl (C=O) groups excluding carboxylic acids is 2. The third kappa shape index (κ3) is 4.88. The Hall–Kier alpha value is -3.22.